The topological polar surface area (TPSA) is 273 Å². The van der Waals surface area contributed by atoms with Crippen LogP contribution in [0.15, 0.2) is 132 Å². The second-order valence-corrected chi connectivity index (χ2v) is 40.3. The molecule has 0 aliphatic carbocycles. The number of likely N-dealkylation sites (N-methyl/N-ethyl adjacent to an activating group) is 1. The van der Waals surface area contributed by atoms with Gasteiger partial charge in [-0.15, -0.1) is 0 Å². The summed E-state index contributed by atoms with van der Waals surface area (Å²) in [4.78, 5) is 49.8. The maximum absolute atomic E-state index is 11.4. The lowest BCUT2D eigenvalue weighted by Gasteiger charge is -2.27. The minimum absolute atomic E-state index is 0. The van der Waals surface area contributed by atoms with E-state index in [1.807, 2.05) is 108 Å². The van der Waals surface area contributed by atoms with Gasteiger partial charge in [0.1, 0.15) is 11.6 Å². The van der Waals surface area contributed by atoms with E-state index in [2.05, 4.69) is 228 Å². The number of aromatic nitrogens is 4. The molecule has 5 saturated heterocycles. The maximum Gasteiger partial charge on any atom is 0.238 e. The van der Waals surface area contributed by atoms with E-state index in [0.29, 0.717) is 85.6 Å². The van der Waals surface area contributed by atoms with E-state index < -0.39 is 19.9 Å². The number of hydrogen-bond donors (Lipinski definition) is 4. The van der Waals surface area contributed by atoms with Gasteiger partial charge in [0.05, 0.1) is 49.1 Å². The first-order chi connectivity index (χ1) is 58.8. The number of benzene rings is 4. The monoisotopic (exact) mass is 1930 g/mol. The molecule has 0 bridgehead atoms. The highest BCUT2D eigenvalue weighted by atomic mass is 32.2. The predicted octanol–water partition coefficient (Wildman–Crippen LogP) is 22.1. The van der Waals surface area contributed by atoms with Crippen LogP contribution in [-0.4, -0.2) is 264 Å². The molecular weight excluding hydrogens is 1710 g/mol. The third-order valence-corrected chi connectivity index (χ3v) is 24.1. The molecule has 786 valence electrons. The van der Waals surface area contributed by atoms with Crippen molar-refractivity contribution in [3.63, 3.8) is 0 Å². The average Bonchev–Trinajstić information content (AvgIpc) is 1.27. The number of rotatable bonds is 21. The van der Waals surface area contributed by atoms with Crippen LogP contribution in [0.3, 0.4) is 0 Å². The summed E-state index contributed by atoms with van der Waals surface area (Å²) in [6.45, 7) is 66.0. The Bertz CT molecular complexity index is 3960. The van der Waals surface area contributed by atoms with Crippen molar-refractivity contribution in [1.82, 2.24) is 63.6 Å². The lowest BCUT2D eigenvalue weighted by Crippen LogP contribution is -2.37. The van der Waals surface area contributed by atoms with Crippen molar-refractivity contribution in [1.29, 1.82) is 0 Å². The molecule has 0 spiro atoms. The van der Waals surface area contributed by atoms with Crippen molar-refractivity contribution >= 4 is 31.7 Å². The molecule has 26 heteroatoms. The third kappa shape index (κ3) is 59.2. The van der Waals surface area contributed by atoms with E-state index in [4.69, 9.17) is 26.1 Å². The number of methoxy groups -OCH3 is 1. The number of hydrogen-bond acceptors (Lipinski definition) is 19. The van der Waals surface area contributed by atoms with Crippen molar-refractivity contribution < 1.29 is 35.9 Å². The van der Waals surface area contributed by atoms with Crippen LogP contribution in [0.25, 0.3) is 0 Å². The smallest absolute Gasteiger partial charge is 0.238 e. The maximum atomic E-state index is 11.4. The number of amides is 2. The molecular formula is C108H214N16O8S2. The average molecular weight is 1930 g/mol. The summed E-state index contributed by atoms with van der Waals surface area (Å²) in [7, 11) is 5.67. The van der Waals surface area contributed by atoms with Gasteiger partial charge in [-0.2, -0.15) is 0 Å². The Morgan fingerprint density at radius 3 is 1.32 bits per heavy atom. The van der Waals surface area contributed by atoms with Gasteiger partial charge in [-0.05, 0) is 259 Å². The zero-order valence-corrected chi connectivity index (χ0v) is 85.2. The summed E-state index contributed by atoms with van der Waals surface area (Å²) in [5, 5.41) is 8.46. The van der Waals surface area contributed by atoms with Crippen LogP contribution >= 0.6 is 0 Å². The Kier molecular flexibility index (Phi) is 86.2. The second kappa shape index (κ2) is 79.5. The number of imidazole rings is 2. The largest absolute Gasteiger partial charge is 0.383 e. The molecule has 1 unspecified atom stereocenters. The summed E-state index contributed by atoms with van der Waals surface area (Å²) in [5.74, 6) is 4.41. The van der Waals surface area contributed by atoms with Gasteiger partial charge in [0.2, 0.25) is 21.8 Å². The van der Waals surface area contributed by atoms with Crippen molar-refractivity contribution in [2.24, 2.45) is 22.5 Å². The highest BCUT2D eigenvalue weighted by Gasteiger charge is 2.27. The zero-order chi connectivity index (χ0) is 94.7. The summed E-state index contributed by atoms with van der Waals surface area (Å²) in [5.41, 5.74) is 18.3. The summed E-state index contributed by atoms with van der Waals surface area (Å²) >= 11 is 0. The van der Waals surface area contributed by atoms with Crippen LogP contribution in [0, 0.1) is 5.92 Å². The lowest BCUT2D eigenvalue weighted by molar-refractivity contribution is -0.133. The quantitative estimate of drug-likeness (QED) is 0.0521. The molecule has 2 amide bonds. The first-order valence-electron chi connectivity index (χ1n) is 46.3. The van der Waals surface area contributed by atoms with Crippen molar-refractivity contribution in [3.8, 4) is 0 Å². The molecule has 7 N–H and O–H groups in total. The van der Waals surface area contributed by atoms with Gasteiger partial charge < -0.3 is 59.9 Å². The van der Waals surface area contributed by atoms with Crippen molar-refractivity contribution in [2.45, 2.75) is 366 Å². The van der Waals surface area contributed by atoms with Crippen LogP contribution in [0.5, 0.6) is 0 Å². The summed E-state index contributed by atoms with van der Waals surface area (Å²) in [6, 6.07) is 35.0. The number of ether oxygens (including phenoxy) is 2. The minimum atomic E-state index is -3.58. The molecule has 11 rings (SSSR count). The number of carbonyl (C=O) groups excluding carboxylic acids is 2. The predicted molar refractivity (Wildman–Crippen MR) is 586 cm³/mol. The molecule has 6 aromatic rings. The van der Waals surface area contributed by atoms with Crippen LogP contribution < -0.4 is 21.9 Å². The minimum Gasteiger partial charge on any atom is -0.383 e. The summed E-state index contributed by atoms with van der Waals surface area (Å²) in [6.07, 6.45) is 17.1. The van der Waals surface area contributed by atoms with Crippen molar-refractivity contribution in [2.75, 3.05) is 147 Å². The van der Waals surface area contributed by atoms with Gasteiger partial charge in [0.25, 0.3) is 0 Å². The molecule has 1 atom stereocenters. The fourth-order valence-corrected chi connectivity index (χ4v) is 16.9. The van der Waals surface area contributed by atoms with E-state index >= 15 is 0 Å². The number of nitrogens with one attached hydrogen (secondary N) is 1. The van der Waals surface area contributed by atoms with Gasteiger partial charge in [-0.1, -0.05) is 221 Å². The molecule has 0 saturated carbocycles. The van der Waals surface area contributed by atoms with Gasteiger partial charge in [-0.25, -0.2) is 31.9 Å². The highest BCUT2D eigenvalue weighted by Crippen LogP contribution is 2.26. The number of likely N-dealkylation sites (tertiary alicyclic amines) is 2. The molecule has 4 aromatic carbocycles. The normalized spacial score (nSPS) is 15.1. The first kappa shape index (κ1) is 145. The Hall–Kier alpha value is -6.34. The van der Waals surface area contributed by atoms with Crippen LogP contribution in [0.4, 0.5) is 0 Å². The van der Waals surface area contributed by atoms with Crippen LogP contribution in [0.2, 0.25) is 0 Å². The Balaban J connectivity index is -0.000000182. The van der Waals surface area contributed by atoms with Crippen LogP contribution in [-0.2, 0) is 65.1 Å². The Morgan fingerprint density at radius 2 is 0.918 bits per heavy atom. The highest BCUT2D eigenvalue weighted by molar-refractivity contribution is 7.90. The van der Waals surface area contributed by atoms with Crippen LogP contribution in [0.1, 0.15) is 345 Å². The van der Waals surface area contributed by atoms with E-state index in [0.717, 1.165) is 80.7 Å². The third-order valence-electron chi connectivity index (χ3n) is 21.9. The molecule has 134 heavy (non-hydrogen) atoms. The first-order valence-corrected chi connectivity index (χ1v) is 49.8. The molecule has 5 aliphatic heterocycles. The zero-order valence-electron chi connectivity index (χ0n) is 83.5. The van der Waals surface area contributed by atoms with Gasteiger partial charge in [-0.3, -0.25) is 24.3 Å². The number of nitrogens with zero attached hydrogens (tertiary/aromatic N) is 12. The molecule has 5 aliphatic rings. The standard InChI is InChI=1S/C12H19N.C10H15N.C10H14O2S.C9H17N3.C9H20N2.C9H13NO2S.C9H19NO.C8H18N2.C8H15NO2.C8H15NO.C7H13N3.9CH4/c1-10(2)12-8-6-5-7-11(12)9-13(3)4;1-8(2)10-6-4-3-5-9(10)7-11;1-8(2)9-6-4-5-7-10(9)13(3,11)12;1-8(2)12-6-5-10-9(12)7-11(3)4;1-9(2)11-6-4-5-10(3)7-8-11;1-7(2)8-5-3-4-6-9(8)13(10,11)12;1-8(2)10-6-4-5-9(10)7-11-3;1-8(2)10-6-3-4-9-5-7-10;1-7(2)9-4-6-11-5-3-8(9)10;1-7(2)8(10)9-5-3-4-6-9;1-6(2)10-4-3-9-7(10)5-8;;;;;;;;;/h5-8,10H,9H2,1-4H3;3-6,8H,7,11H2,1-2H3;4-8H,1-3H3;5-6,8H,7H2,1-4H3;9H,4-8H2,1-3H3;3-7H,1-2H3,(H2,10,11,12);8-9H,4-7H2,1-3H3;8-9H,3-7H2,1-2H3;7H,3-6H2,1-2H3;7H,3-6H2,1-2H3;3-4,6H,5,8H2,1-2H3;9*1H4. The van der Waals surface area contributed by atoms with Gasteiger partial charge in [0, 0.05) is 145 Å². The molecule has 0 radical (unpaired) electrons. The number of nitrogens with two attached hydrogens (primary N) is 3. The van der Waals surface area contributed by atoms with E-state index in [1.165, 1.54) is 125 Å². The number of carbonyl (C=O) groups is 2. The number of primary sulfonamides is 1. The van der Waals surface area contributed by atoms with E-state index in [9.17, 15) is 26.4 Å². The van der Waals surface area contributed by atoms with Gasteiger partial charge >= 0.3 is 0 Å². The second-order valence-electron chi connectivity index (χ2n) is 36.8. The van der Waals surface area contributed by atoms with Crippen molar-refractivity contribution in [3.05, 3.63) is 167 Å². The molecule has 2 aromatic heterocycles. The SMILES string of the molecule is C.C.C.C.C.C.C.C.C.CC(C)C(=O)N1CCCC1.CC(C)N1CCCN(C)CC1.CC(C)N1CCCNCC1.CC(C)N1CCOCCC1=O.CC(C)c1ccccc1CN.CC(C)c1ccccc1CN(C)C.CC(C)c1ccccc1S(C)(=O)=O.CC(C)c1ccccc1S(N)(=O)=O.CC(C)n1ccnc1CN.CC(C)n1ccnc1CN(C)C.COCC1CCCN1C(C)C. The van der Waals surface area contributed by atoms with E-state index in [1.54, 1.807) is 37.6 Å². The Morgan fingerprint density at radius 1 is 0.478 bits per heavy atom. The van der Waals surface area contributed by atoms with E-state index in [-0.39, 0.29) is 95.4 Å². The molecule has 7 heterocycles. The Labute approximate surface area is 828 Å². The van der Waals surface area contributed by atoms with Gasteiger partial charge in [0.15, 0.2) is 9.84 Å². The fourth-order valence-electron chi connectivity index (χ4n) is 15.0. The molecule has 24 nitrogen and oxygen atoms in total. The molecule has 5 fully saturated rings. The number of sulfone groups is 1. The number of sulfonamides is 1. The lowest BCUT2D eigenvalue weighted by atomic mass is 9.97. The summed E-state index contributed by atoms with van der Waals surface area (Å²) < 4.78 is 59.6. The fraction of sp³-hybridized carbons (Fsp3) is 0.704.